The molecule has 2 aliphatic rings. The predicted molar refractivity (Wildman–Crippen MR) is 134 cm³/mol. The van der Waals surface area contributed by atoms with Crippen LogP contribution in [0.2, 0.25) is 10.0 Å². The van der Waals surface area contributed by atoms with Crippen molar-refractivity contribution >= 4 is 57.7 Å². The van der Waals surface area contributed by atoms with Gasteiger partial charge >= 0.3 is 12.1 Å². The van der Waals surface area contributed by atoms with Crippen molar-refractivity contribution in [2.45, 2.75) is 25.1 Å². The molecular formula is C24H22Cl2F3N5O3. The number of carboxylic acid groups (broad SMARTS) is 1. The lowest BCUT2D eigenvalue weighted by molar-refractivity contribution is -0.192. The van der Waals surface area contributed by atoms with Gasteiger partial charge in [-0.1, -0.05) is 35.3 Å². The molecule has 37 heavy (non-hydrogen) atoms. The molecule has 0 radical (unpaired) electrons. The molecule has 2 heterocycles. The zero-order valence-electron chi connectivity index (χ0n) is 19.3. The van der Waals surface area contributed by atoms with Crippen LogP contribution in [0.4, 0.5) is 24.8 Å². The van der Waals surface area contributed by atoms with Crippen molar-refractivity contribution < 1.29 is 27.9 Å². The second-order valence-electron chi connectivity index (χ2n) is 8.51. The normalized spacial score (nSPS) is 15.7. The number of carbonyl (C=O) groups is 2. The van der Waals surface area contributed by atoms with E-state index in [0.29, 0.717) is 47.8 Å². The smallest absolute Gasteiger partial charge is 0.475 e. The molecule has 13 heteroatoms. The second-order valence-corrected chi connectivity index (χ2v) is 9.33. The van der Waals surface area contributed by atoms with Gasteiger partial charge in [-0.25, -0.2) is 14.8 Å². The summed E-state index contributed by atoms with van der Waals surface area (Å²) in [7, 11) is 0. The van der Waals surface area contributed by atoms with Gasteiger partial charge in [-0.05, 0) is 43.2 Å². The highest BCUT2D eigenvalue weighted by molar-refractivity contribution is 6.42. The molecule has 1 aliphatic heterocycles. The number of alkyl halides is 3. The van der Waals surface area contributed by atoms with Gasteiger partial charge in [0.1, 0.15) is 0 Å². The zero-order chi connectivity index (χ0) is 26.7. The first-order valence-electron chi connectivity index (χ1n) is 11.4. The van der Waals surface area contributed by atoms with E-state index in [0.717, 1.165) is 22.7 Å². The van der Waals surface area contributed by atoms with E-state index < -0.39 is 12.1 Å². The molecule has 1 aromatic heterocycles. The molecule has 1 aliphatic carbocycles. The Kier molecular flexibility index (Phi) is 7.93. The lowest BCUT2D eigenvalue weighted by Crippen LogP contribution is -2.49. The highest BCUT2D eigenvalue weighted by Gasteiger charge is 2.38. The van der Waals surface area contributed by atoms with Gasteiger partial charge in [0.05, 0.1) is 21.1 Å². The Balaban J connectivity index is 0.000000405. The monoisotopic (exact) mass is 555 g/mol. The number of para-hydroxylation sites is 2. The maximum absolute atomic E-state index is 12.9. The van der Waals surface area contributed by atoms with Gasteiger partial charge in [0.2, 0.25) is 0 Å². The molecule has 2 fully saturated rings. The number of aromatic nitrogens is 2. The van der Waals surface area contributed by atoms with Gasteiger partial charge in [0, 0.05) is 37.8 Å². The molecule has 3 aromatic rings. The summed E-state index contributed by atoms with van der Waals surface area (Å²) >= 11 is 12.1. The SMILES string of the molecule is O=C(O)C(F)(F)F.O=C(c1ccc(Cl)c(Cl)c1)N1CCN(c2nc3ccccc3nc2NC2CC2)CC1. The van der Waals surface area contributed by atoms with E-state index in [4.69, 9.17) is 43.1 Å². The number of carbonyl (C=O) groups excluding carboxylic acids is 1. The van der Waals surface area contributed by atoms with Crippen molar-refractivity contribution in [3.8, 4) is 0 Å². The quantitative estimate of drug-likeness (QED) is 0.461. The Morgan fingerprint density at radius 1 is 0.946 bits per heavy atom. The summed E-state index contributed by atoms with van der Waals surface area (Å²) in [5.74, 6) is -1.09. The third-order valence-electron chi connectivity index (χ3n) is 5.75. The highest BCUT2D eigenvalue weighted by atomic mass is 35.5. The number of nitrogens with one attached hydrogen (secondary N) is 1. The topological polar surface area (TPSA) is 98.7 Å². The Morgan fingerprint density at radius 3 is 2.08 bits per heavy atom. The molecule has 1 amide bonds. The molecule has 196 valence electrons. The summed E-state index contributed by atoms with van der Waals surface area (Å²) in [5.41, 5.74) is 2.32. The second kappa shape index (κ2) is 11.0. The van der Waals surface area contributed by atoms with E-state index in [1.165, 1.54) is 12.8 Å². The van der Waals surface area contributed by atoms with Crippen LogP contribution >= 0.6 is 23.2 Å². The van der Waals surface area contributed by atoms with E-state index in [2.05, 4.69) is 10.2 Å². The minimum absolute atomic E-state index is 0.0332. The van der Waals surface area contributed by atoms with Gasteiger partial charge in [0.25, 0.3) is 5.91 Å². The van der Waals surface area contributed by atoms with Gasteiger partial charge in [-0.15, -0.1) is 0 Å². The fraction of sp³-hybridized carbons (Fsp3) is 0.333. The molecule has 2 aromatic carbocycles. The maximum Gasteiger partial charge on any atom is 0.490 e. The van der Waals surface area contributed by atoms with E-state index in [-0.39, 0.29) is 5.91 Å². The van der Waals surface area contributed by atoms with Crippen LogP contribution in [0.3, 0.4) is 0 Å². The van der Waals surface area contributed by atoms with E-state index >= 15 is 0 Å². The van der Waals surface area contributed by atoms with E-state index in [1.54, 1.807) is 18.2 Å². The number of benzene rings is 2. The molecule has 1 saturated heterocycles. The Labute approximate surface area is 220 Å². The predicted octanol–water partition coefficient (Wildman–Crippen LogP) is 5.11. The summed E-state index contributed by atoms with van der Waals surface area (Å²) in [6.45, 7) is 2.60. The van der Waals surface area contributed by atoms with Crippen LogP contribution in [0.15, 0.2) is 42.5 Å². The first kappa shape index (κ1) is 26.7. The van der Waals surface area contributed by atoms with Gasteiger partial charge in [-0.3, -0.25) is 4.79 Å². The average molecular weight is 556 g/mol. The van der Waals surface area contributed by atoms with Crippen molar-refractivity contribution in [1.29, 1.82) is 0 Å². The van der Waals surface area contributed by atoms with Crippen LogP contribution in [-0.4, -0.2) is 70.2 Å². The van der Waals surface area contributed by atoms with Crippen LogP contribution < -0.4 is 10.2 Å². The summed E-state index contributed by atoms with van der Waals surface area (Å²) in [4.78, 5) is 35.5. The van der Waals surface area contributed by atoms with E-state index in [1.807, 2.05) is 29.2 Å². The minimum Gasteiger partial charge on any atom is -0.475 e. The molecule has 1 saturated carbocycles. The summed E-state index contributed by atoms with van der Waals surface area (Å²) in [6.07, 6.45) is -2.75. The number of hydrogen-bond acceptors (Lipinski definition) is 6. The van der Waals surface area contributed by atoms with Crippen LogP contribution in [0.1, 0.15) is 23.2 Å². The van der Waals surface area contributed by atoms with Crippen molar-refractivity contribution in [3.05, 3.63) is 58.1 Å². The molecule has 0 spiro atoms. The lowest BCUT2D eigenvalue weighted by atomic mass is 10.2. The Morgan fingerprint density at radius 2 is 1.54 bits per heavy atom. The van der Waals surface area contributed by atoms with Crippen molar-refractivity contribution in [1.82, 2.24) is 14.9 Å². The number of anilines is 2. The largest absolute Gasteiger partial charge is 0.490 e. The summed E-state index contributed by atoms with van der Waals surface area (Å²) < 4.78 is 31.7. The van der Waals surface area contributed by atoms with Gasteiger partial charge < -0.3 is 20.2 Å². The lowest BCUT2D eigenvalue weighted by Gasteiger charge is -2.36. The zero-order valence-corrected chi connectivity index (χ0v) is 20.8. The standard InChI is InChI=1S/C22H21Cl2N5O.C2HF3O2/c23-16-8-5-14(13-17(16)24)22(30)29-11-9-28(10-12-29)21-20(25-15-6-7-15)26-18-3-1-2-4-19(18)27-21;3-2(4,5)1(6)7/h1-5,8,13,15H,6-7,9-12H2,(H,25,26);(H,6,7). The third-order valence-corrected chi connectivity index (χ3v) is 6.48. The van der Waals surface area contributed by atoms with Crippen LogP contribution in [0.5, 0.6) is 0 Å². The van der Waals surface area contributed by atoms with E-state index in [9.17, 15) is 18.0 Å². The molecule has 8 nitrogen and oxygen atoms in total. The first-order valence-corrected chi connectivity index (χ1v) is 12.1. The van der Waals surface area contributed by atoms with Crippen LogP contribution in [0, 0.1) is 0 Å². The average Bonchev–Trinajstić information content (AvgIpc) is 3.69. The molecule has 0 bridgehead atoms. The number of amides is 1. The number of aliphatic carboxylic acids is 1. The molecular weight excluding hydrogens is 534 g/mol. The Bertz CT molecular complexity index is 1310. The maximum atomic E-state index is 12.9. The van der Waals surface area contributed by atoms with Crippen molar-refractivity contribution in [2.24, 2.45) is 0 Å². The number of halogens is 5. The molecule has 0 atom stereocenters. The minimum atomic E-state index is -5.08. The summed E-state index contributed by atoms with van der Waals surface area (Å²) in [5, 5.41) is 11.5. The van der Waals surface area contributed by atoms with Gasteiger partial charge in [0.15, 0.2) is 11.6 Å². The van der Waals surface area contributed by atoms with Gasteiger partial charge in [-0.2, -0.15) is 13.2 Å². The third kappa shape index (κ3) is 6.72. The molecule has 5 rings (SSSR count). The number of rotatable bonds is 4. The fourth-order valence-electron chi connectivity index (χ4n) is 3.66. The molecule has 2 N–H and O–H groups in total. The van der Waals surface area contributed by atoms with Crippen molar-refractivity contribution in [2.75, 3.05) is 36.4 Å². The Hall–Kier alpha value is -3.31. The van der Waals surface area contributed by atoms with Crippen LogP contribution in [0.25, 0.3) is 11.0 Å². The summed E-state index contributed by atoms with van der Waals surface area (Å²) in [6, 6.07) is 13.4. The number of hydrogen-bond donors (Lipinski definition) is 2. The fourth-order valence-corrected chi connectivity index (χ4v) is 3.96. The number of carboxylic acids is 1. The van der Waals surface area contributed by atoms with Crippen molar-refractivity contribution in [3.63, 3.8) is 0 Å². The van der Waals surface area contributed by atoms with Crippen LogP contribution in [-0.2, 0) is 4.79 Å². The number of fused-ring (bicyclic) bond motifs is 1. The number of piperazine rings is 1. The first-order chi connectivity index (χ1) is 17.5. The molecule has 0 unspecified atom stereocenters. The highest BCUT2D eigenvalue weighted by Crippen LogP contribution is 2.31. The number of nitrogens with zero attached hydrogens (tertiary/aromatic N) is 4.